The van der Waals surface area contributed by atoms with E-state index in [-0.39, 0.29) is 11.9 Å². The first-order valence-corrected chi connectivity index (χ1v) is 9.32. The molecule has 0 bridgehead atoms. The van der Waals surface area contributed by atoms with E-state index < -0.39 is 0 Å². The van der Waals surface area contributed by atoms with Crippen LogP contribution in [0.3, 0.4) is 0 Å². The van der Waals surface area contributed by atoms with Gasteiger partial charge in [-0.15, -0.1) is 0 Å². The molecule has 2 aromatic carbocycles. The third kappa shape index (κ3) is 3.83. The molecule has 1 unspecified atom stereocenters. The molecule has 28 heavy (non-hydrogen) atoms. The van der Waals surface area contributed by atoms with Gasteiger partial charge in [-0.3, -0.25) is 0 Å². The molecular formula is C21H22N4O3. The molecule has 1 saturated heterocycles. The number of anilines is 1. The van der Waals surface area contributed by atoms with E-state index in [1.807, 2.05) is 54.6 Å². The lowest BCUT2D eigenvalue weighted by atomic mass is 9.98. The molecule has 0 aliphatic carbocycles. The Morgan fingerprint density at radius 3 is 2.79 bits per heavy atom. The molecule has 2 heterocycles. The van der Waals surface area contributed by atoms with E-state index >= 15 is 0 Å². The maximum Gasteiger partial charge on any atom is 0.321 e. The number of methoxy groups -OCH3 is 1. The smallest absolute Gasteiger partial charge is 0.321 e. The molecule has 1 aromatic heterocycles. The van der Waals surface area contributed by atoms with Crippen molar-refractivity contribution < 1.29 is 14.1 Å². The summed E-state index contributed by atoms with van der Waals surface area (Å²) < 4.78 is 10.8. The summed E-state index contributed by atoms with van der Waals surface area (Å²) in [6, 6.07) is 16.9. The Kier molecular flexibility index (Phi) is 5.23. The summed E-state index contributed by atoms with van der Waals surface area (Å²) in [7, 11) is 1.59. The number of piperidine rings is 1. The van der Waals surface area contributed by atoms with E-state index in [1.165, 1.54) is 0 Å². The summed E-state index contributed by atoms with van der Waals surface area (Å²) in [6.07, 6.45) is 1.79. The number of hydrogen-bond acceptors (Lipinski definition) is 5. The SMILES string of the molecule is COc1ccccc1NC(=O)N1CCCC(c2nc(-c3ccccc3)no2)C1. The fraction of sp³-hybridized carbons (Fsp3) is 0.286. The number of amides is 2. The van der Waals surface area contributed by atoms with Gasteiger partial charge in [0, 0.05) is 18.7 Å². The van der Waals surface area contributed by atoms with Crippen LogP contribution in [0.4, 0.5) is 10.5 Å². The van der Waals surface area contributed by atoms with Crippen molar-refractivity contribution in [1.29, 1.82) is 0 Å². The summed E-state index contributed by atoms with van der Waals surface area (Å²) in [5.41, 5.74) is 1.57. The summed E-state index contributed by atoms with van der Waals surface area (Å²) in [6.45, 7) is 1.23. The van der Waals surface area contributed by atoms with Crippen LogP contribution in [0.5, 0.6) is 5.75 Å². The number of likely N-dealkylation sites (tertiary alicyclic amines) is 1. The summed E-state index contributed by atoms with van der Waals surface area (Å²) in [4.78, 5) is 19.1. The first-order valence-electron chi connectivity index (χ1n) is 9.32. The molecule has 144 valence electrons. The zero-order valence-corrected chi connectivity index (χ0v) is 15.7. The number of benzene rings is 2. The molecule has 7 heteroatoms. The second kappa shape index (κ2) is 8.12. The number of nitrogens with zero attached hydrogens (tertiary/aromatic N) is 3. The minimum Gasteiger partial charge on any atom is -0.495 e. The normalized spacial score (nSPS) is 16.6. The van der Waals surface area contributed by atoms with Crippen LogP contribution in [0.25, 0.3) is 11.4 Å². The highest BCUT2D eigenvalue weighted by Crippen LogP contribution is 2.29. The number of carbonyl (C=O) groups excluding carboxylic acids is 1. The second-order valence-electron chi connectivity index (χ2n) is 6.74. The minimum absolute atomic E-state index is 0.0298. The monoisotopic (exact) mass is 378 g/mol. The second-order valence-corrected chi connectivity index (χ2v) is 6.74. The van der Waals surface area contributed by atoms with Crippen LogP contribution in [0.2, 0.25) is 0 Å². The molecule has 2 amide bonds. The van der Waals surface area contributed by atoms with E-state index in [2.05, 4.69) is 15.5 Å². The lowest BCUT2D eigenvalue weighted by Gasteiger charge is -2.31. The van der Waals surface area contributed by atoms with Crippen molar-refractivity contribution in [3.8, 4) is 17.1 Å². The summed E-state index contributed by atoms with van der Waals surface area (Å²) in [5, 5.41) is 7.03. The Morgan fingerprint density at radius 2 is 1.96 bits per heavy atom. The Morgan fingerprint density at radius 1 is 1.18 bits per heavy atom. The zero-order chi connectivity index (χ0) is 19.3. The Balaban J connectivity index is 1.44. The largest absolute Gasteiger partial charge is 0.495 e. The van der Waals surface area contributed by atoms with E-state index in [0.717, 1.165) is 18.4 Å². The number of hydrogen-bond donors (Lipinski definition) is 1. The third-order valence-electron chi connectivity index (χ3n) is 4.88. The van der Waals surface area contributed by atoms with Crippen LogP contribution in [0.15, 0.2) is 59.1 Å². The number of nitrogens with one attached hydrogen (secondary N) is 1. The fourth-order valence-electron chi connectivity index (χ4n) is 3.41. The number of rotatable bonds is 4. The highest BCUT2D eigenvalue weighted by molar-refractivity contribution is 5.91. The standard InChI is InChI=1S/C21H22N4O3/c1-27-18-12-6-5-11-17(18)22-21(26)25-13-7-10-16(14-25)20-23-19(24-28-20)15-8-3-2-4-9-15/h2-6,8-9,11-12,16H,7,10,13-14H2,1H3,(H,22,26). The van der Waals surface area contributed by atoms with E-state index in [1.54, 1.807) is 12.0 Å². The molecule has 1 N–H and O–H groups in total. The molecule has 1 aliphatic rings. The predicted molar refractivity (Wildman–Crippen MR) is 105 cm³/mol. The van der Waals surface area contributed by atoms with E-state index in [9.17, 15) is 4.79 Å². The molecule has 1 fully saturated rings. The van der Waals surface area contributed by atoms with Gasteiger partial charge >= 0.3 is 6.03 Å². The van der Waals surface area contributed by atoms with Gasteiger partial charge in [0.1, 0.15) is 5.75 Å². The third-order valence-corrected chi connectivity index (χ3v) is 4.88. The van der Waals surface area contributed by atoms with Crippen molar-refractivity contribution in [3.05, 3.63) is 60.5 Å². The lowest BCUT2D eigenvalue weighted by molar-refractivity contribution is 0.184. The van der Waals surface area contributed by atoms with Gasteiger partial charge in [0.2, 0.25) is 11.7 Å². The average Bonchev–Trinajstić information content (AvgIpc) is 3.25. The van der Waals surface area contributed by atoms with Crippen molar-refractivity contribution >= 4 is 11.7 Å². The number of ether oxygens (including phenoxy) is 1. The molecule has 0 radical (unpaired) electrons. The van der Waals surface area contributed by atoms with Crippen molar-refractivity contribution in [2.24, 2.45) is 0 Å². The van der Waals surface area contributed by atoms with Crippen LogP contribution in [-0.2, 0) is 0 Å². The van der Waals surface area contributed by atoms with Crippen molar-refractivity contribution in [1.82, 2.24) is 15.0 Å². The number of carbonyl (C=O) groups is 1. The van der Waals surface area contributed by atoms with E-state index in [0.29, 0.717) is 36.2 Å². The molecule has 1 aliphatic heterocycles. The van der Waals surface area contributed by atoms with Gasteiger partial charge in [0.25, 0.3) is 0 Å². The van der Waals surface area contributed by atoms with Gasteiger partial charge < -0.3 is 19.5 Å². The lowest BCUT2D eigenvalue weighted by Crippen LogP contribution is -2.41. The first kappa shape index (κ1) is 18.0. The molecule has 0 spiro atoms. The van der Waals surface area contributed by atoms with Crippen molar-refractivity contribution in [2.45, 2.75) is 18.8 Å². The fourth-order valence-corrected chi connectivity index (χ4v) is 3.41. The molecule has 3 aromatic rings. The Labute approximate surface area is 163 Å². The van der Waals surface area contributed by atoms with Gasteiger partial charge in [-0.05, 0) is 25.0 Å². The van der Waals surface area contributed by atoms with Crippen molar-refractivity contribution in [3.63, 3.8) is 0 Å². The molecular weight excluding hydrogens is 356 g/mol. The van der Waals surface area contributed by atoms with Gasteiger partial charge in [0.15, 0.2) is 0 Å². The minimum atomic E-state index is -0.156. The number of urea groups is 1. The van der Waals surface area contributed by atoms with Crippen LogP contribution in [-0.4, -0.2) is 41.3 Å². The molecule has 0 saturated carbocycles. The highest BCUT2D eigenvalue weighted by atomic mass is 16.5. The zero-order valence-electron chi connectivity index (χ0n) is 15.7. The topological polar surface area (TPSA) is 80.5 Å². The average molecular weight is 378 g/mol. The van der Waals surface area contributed by atoms with Crippen LogP contribution in [0, 0.1) is 0 Å². The predicted octanol–water partition coefficient (Wildman–Crippen LogP) is 4.16. The van der Waals surface area contributed by atoms with Crippen LogP contribution < -0.4 is 10.1 Å². The number of para-hydroxylation sites is 2. The van der Waals surface area contributed by atoms with Crippen LogP contribution >= 0.6 is 0 Å². The van der Waals surface area contributed by atoms with Gasteiger partial charge in [0.05, 0.1) is 18.7 Å². The Bertz CT molecular complexity index is 942. The van der Waals surface area contributed by atoms with E-state index in [4.69, 9.17) is 9.26 Å². The molecule has 4 rings (SSSR count). The maximum absolute atomic E-state index is 12.7. The molecule has 7 nitrogen and oxygen atoms in total. The quantitative estimate of drug-likeness (QED) is 0.737. The van der Waals surface area contributed by atoms with Crippen molar-refractivity contribution in [2.75, 3.05) is 25.5 Å². The van der Waals surface area contributed by atoms with Gasteiger partial charge in [-0.1, -0.05) is 47.6 Å². The summed E-state index contributed by atoms with van der Waals surface area (Å²) in [5.74, 6) is 1.82. The van der Waals surface area contributed by atoms with Gasteiger partial charge in [-0.25, -0.2) is 4.79 Å². The molecule has 1 atom stereocenters. The first-order chi connectivity index (χ1) is 13.7. The van der Waals surface area contributed by atoms with Gasteiger partial charge in [-0.2, -0.15) is 4.98 Å². The van der Waals surface area contributed by atoms with Crippen LogP contribution in [0.1, 0.15) is 24.7 Å². The Hall–Kier alpha value is -3.35. The highest BCUT2D eigenvalue weighted by Gasteiger charge is 2.29. The maximum atomic E-state index is 12.7. The number of aromatic nitrogens is 2. The summed E-state index contributed by atoms with van der Waals surface area (Å²) >= 11 is 0.